The van der Waals surface area contributed by atoms with Gasteiger partial charge in [-0.05, 0) is 32.8 Å². The number of rotatable bonds is 4. The summed E-state index contributed by atoms with van der Waals surface area (Å²) in [5.74, 6) is -1.17. The maximum Gasteiger partial charge on any atom is 0.410 e. The van der Waals surface area contributed by atoms with Crippen LogP contribution in [0.15, 0.2) is 30.3 Å². The average Bonchev–Trinajstić information content (AvgIpc) is 3.26. The van der Waals surface area contributed by atoms with Crippen LogP contribution in [0.3, 0.4) is 0 Å². The summed E-state index contributed by atoms with van der Waals surface area (Å²) in [5.41, 5.74) is 8.95. The molecule has 0 aromatic heterocycles. The van der Waals surface area contributed by atoms with E-state index in [1.54, 1.807) is 20.8 Å². The Morgan fingerprint density at radius 3 is 2.50 bits per heavy atom. The number of benzene rings is 1. The Hall–Kier alpha value is -3.19. The summed E-state index contributed by atoms with van der Waals surface area (Å²) in [7, 11) is 0. The molecule has 2 aliphatic heterocycles. The summed E-state index contributed by atoms with van der Waals surface area (Å²) in [6.07, 6.45) is 0.237. The highest BCUT2D eigenvalue weighted by atomic mass is 16.6. The van der Waals surface area contributed by atoms with Gasteiger partial charge in [-0.25, -0.2) is 9.59 Å². The lowest BCUT2D eigenvalue weighted by Gasteiger charge is -2.29. The fourth-order valence-electron chi connectivity index (χ4n) is 4.04. The third-order valence-electron chi connectivity index (χ3n) is 5.24. The zero-order chi connectivity index (χ0) is 21.9. The smallest absolute Gasteiger partial charge is 0.410 e. The summed E-state index contributed by atoms with van der Waals surface area (Å²) in [5, 5.41) is 0. The van der Waals surface area contributed by atoms with Crippen LogP contribution in [0.1, 0.15) is 32.8 Å². The van der Waals surface area contributed by atoms with E-state index in [0.29, 0.717) is 13.0 Å². The number of hydrogen-bond acceptors (Lipinski definition) is 5. The van der Waals surface area contributed by atoms with Crippen LogP contribution in [0.5, 0.6) is 0 Å². The lowest BCUT2D eigenvalue weighted by molar-refractivity contribution is -0.120. The summed E-state index contributed by atoms with van der Waals surface area (Å²) in [4.78, 5) is 43.8. The first-order chi connectivity index (χ1) is 14.2. The van der Waals surface area contributed by atoms with Gasteiger partial charge in [0.1, 0.15) is 12.2 Å². The number of amides is 2. The van der Waals surface area contributed by atoms with Crippen molar-refractivity contribution in [2.75, 3.05) is 13.1 Å². The third-order valence-corrected chi connectivity index (χ3v) is 5.24. The zero-order valence-electron chi connectivity index (χ0n) is 17.4. The molecule has 0 aliphatic carbocycles. The van der Waals surface area contributed by atoms with Crippen molar-refractivity contribution in [1.29, 1.82) is 0 Å². The predicted molar refractivity (Wildman–Crippen MR) is 107 cm³/mol. The molecular weight excluding hydrogens is 388 g/mol. The number of Topliss-reactive ketones (excluding diaryl/α,β-unsaturated/α-hetero) is 1. The van der Waals surface area contributed by atoms with Gasteiger partial charge in [-0.15, -0.1) is 0 Å². The van der Waals surface area contributed by atoms with Gasteiger partial charge in [0.2, 0.25) is 5.78 Å². The van der Waals surface area contributed by atoms with E-state index in [0.717, 1.165) is 11.8 Å². The molecule has 0 bridgehead atoms. The van der Waals surface area contributed by atoms with E-state index < -0.39 is 35.5 Å². The number of carbonyl (C=O) groups is 3. The van der Waals surface area contributed by atoms with Crippen LogP contribution in [0.2, 0.25) is 0 Å². The first-order valence-corrected chi connectivity index (χ1v) is 9.89. The topological polar surface area (TPSA) is 113 Å². The second kappa shape index (κ2) is 8.67. The molecule has 0 saturated carbocycles. The van der Waals surface area contributed by atoms with Crippen LogP contribution in [0.4, 0.5) is 9.59 Å². The van der Waals surface area contributed by atoms with Gasteiger partial charge in [0.15, 0.2) is 0 Å². The number of likely N-dealkylation sites (tertiary alicyclic amines) is 2. The van der Waals surface area contributed by atoms with Crippen LogP contribution in [-0.4, -0.2) is 69.5 Å². The molecule has 1 aromatic rings. The molecule has 2 aliphatic rings. The van der Waals surface area contributed by atoms with E-state index in [2.05, 4.69) is 4.79 Å². The molecule has 3 rings (SSSR count). The molecule has 0 spiro atoms. The van der Waals surface area contributed by atoms with E-state index in [-0.39, 0.29) is 19.2 Å². The minimum atomic E-state index is -0.717. The molecule has 2 fully saturated rings. The molecule has 1 aromatic carbocycles. The molecule has 3 atom stereocenters. The normalized spacial score (nSPS) is 22.8. The van der Waals surface area contributed by atoms with Crippen LogP contribution in [0, 0.1) is 5.92 Å². The van der Waals surface area contributed by atoms with Gasteiger partial charge in [-0.2, -0.15) is 4.79 Å². The summed E-state index contributed by atoms with van der Waals surface area (Å²) >= 11 is 0. The van der Waals surface area contributed by atoms with E-state index in [4.69, 9.17) is 15.0 Å². The summed E-state index contributed by atoms with van der Waals surface area (Å²) < 4.78 is 10.9. The van der Waals surface area contributed by atoms with Crippen molar-refractivity contribution in [3.05, 3.63) is 41.4 Å². The van der Waals surface area contributed by atoms with Crippen molar-refractivity contribution in [1.82, 2.24) is 9.80 Å². The zero-order valence-corrected chi connectivity index (χ0v) is 17.4. The number of carbonyl (C=O) groups excluding carboxylic acids is 3. The van der Waals surface area contributed by atoms with Crippen LogP contribution in [-0.2, 0) is 20.9 Å². The van der Waals surface area contributed by atoms with Gasteiger partial charge in [0, 0.05) is 13.1 Å². The summed E-state index contributed by atoms with van der Waals surface area (Å²) in [6.45, 7) is 5.84. The number of nitrogens with zero attached hydrogens (tertiary/aromatic N) is 4. The monoisotopic (exact) mass is 414 g/mol. The van der Waals surface area contributed by atoms with Gasteiger partial charge in [-0.3, -0.25) is 4.79 Å². The quantitative estimate of drug-likeness (QED) is 0.427. The largest absolute Gasteiger partial charge is 0.445 e. The Balaban J connectivity index is 1.77. The maximum absolute atomic E-state index is 12.8. The molecule has 2 amide bonds. The van der Waals surface area contributed by atoms with Gasteiger partial charge in [-0.1, -0.05) is 30.3 Å². The third kappa shape index (κ3) is 4.68. The van der Waals surface area contributed by atoms with Crippen molar-refractivity contribution in [3.63, 3.8) is 0 Å². The highest BCUT2D eigenvalue weighted by Crippen LogP contribution is 2.37. The fourth-order valence-corrected chi connectivity index (χ4v) is 4.04. The molecule has 9 heteroatoms. The van der Waals surface area contributed by atoms with Gasteiger partial charge in [0.05, 0.1) is 18.0 Å². The molecule has 0 radical (unpaired) electrons. The number of fused-ring (bicyclic) bond motifs is 1. The molecule has 3 unspecified atom stereocenters. The Morgan fingerprint density at radius 2 is 1.87 bits per heavy atom. The van der Waals surface area contributed by atoms with Crippen molar-refractivity contribution in [2.24, 2.45) is 5.92 Å². The lowest BCUT2D eigenvalue weighted by atomic mass is 9.95. The van der Waals surface area contributed by atoms with E-state index >= 15 is 0 Å². The average molecular weight is 414 g/mol. The summed E-state index contributed by atoms with van der Waals surface area (Å²) in [6, 6.07) is 8.35. The minimum absolute atomic E-state index is 0.0765. The van der Waals surface area contributed by atoms with Crippen molar-refractivity contribution in [2.45, 2.75) is 51.5 Å². The Bertz CT molecular complexity index is 860. The van der Waals surface area contributed by atoms with Crippen molar-refractivity contribution >= 4 is 24.2 Å². The molecule has 9 nitrogen and oxygen atoms in total. The highest BCUT2D eigenvalue weighted by molar-refractivity contribution is 6.26. The Kier molecular flexibility index (Phi) is 6.22. The molecule has 2 saturated heterocycles. The number of ketones is 1. The van der Waals surface area contributed by atoms with E-state index in [9.17, 15) is 14.4 Å². The molecule has 30 heavy (non-hydrogen) atoms. The number of hydrogen-bond donors (Lipinski definition) is 0. The second-order valence-electron chi connectivity index (χ2n) is 8.47. The predicted octanol–water partition coefficient (Wildman–Crippen LogP) is 2.50. The first-order valence-electron chi connectivity index (χ1n) is 9.89. The van der Waals surface area contributed by atoms with Crippen molar-refractivity contribution in [3.8, 4) is 0 Å². The molecular formula is C21H26N4O5. The van der Waals surface area contributed by atoms with Gasteiger partial charge >= 0.3 is 18.4 Å². The molecule has 0 N–H and O–H groups in total. The van der Waals surface area contributed by atoms with Gasteiger partial charge in [0.25, 0.3) is 0 Å². The van der Waals surface area contributed by atoms with E-state index in [1.165, 1.54) is 9.80 Å². The lowest BCUT2D eigenvalue weighted by Crippen LogP contribution is -2.47. The minimum Gasteiger partial charge on any atom is -0.445 e. The molecule has 2 heterocycles. The fraction of sp³-hybridized carbons (Fsp3) is 0.524. The second-order valence-corrected chi connectivity index (χ2v) is 8.47. The van der Waals surface area contributed by atoms with Crippen LogP contribution >= 0.6 is 0 Å². The number of ether oxygens (including phenoxy) is 2. The van der Waals surface area contributed by atoms with Crippen LogP contribution in [0.25, 0.3) is 5.53 Å². The Labute approximate surface area is 175 Å². The standard InChI is InChI=1S/C21H26N4O5/c1-21(2,3)30-20(28)24-10-9-16-18(24)15(17(26)11-23-22)12-25(16)19(27)29-13-14-7-5-4-6-8-14/h4-8,11,15-16,18H,9-10,12-13H2,1-3H3. The first kappa shape index (κ1) is 21.5. The molecule has 160 valence electrons. The van der Waals surface area contributed by atoms with Gasteiger partial charge < -0.3 is 24.8 Å². The van der Waals surface area contributed by atoms with Crippen molar-refractivity contribution < 1.29 is 28.6 Å². The maximum atomic E-state index is 12.8. The van der Waals surface area contributed by atoms with Crippen LogP contribution < -0.4 is 0 Å². The Morgan fingerprint density at radius 1 is 1.17 bits per heavy atom. The van der Waals surface area contributed by atoms with E-state index in [1.807, 2.05) is 30.3 Å². The highest BCUT2D eigenvalue weighted by Gasteiger charge is 2.55. The SMILES string of the molecule is CC(C)(C)OC(=O)N1CCC2C1C(C(=O)C=[N+]=[N-])CN2C(=O)OCc1ccccc1.